The summed E-state index contributed by atoms with van der Waals surface area (Å²) in [5.74, 6) is 2.33. The van der Waals surface area contributed by atoms with Gasteiger partial charge < -0.3 is 23.7 Å². The van der Waals surface area contributed by atoms with E-state index < -0.39 is 0 Å². The summed E-state index contributed by atoms with van der Waals surface area (Å²) in [6.07, 6.45) is 3.37. The predicted octanol–water partition coefficient (Wildman–Crippen LogP) is 3.48. The number of aryl methyl sites for hydroxylation is 1. The average molecular weight is 426 g/mol. The van der Waals surface area contributed by atoms with E-state index in [0.717, 1.165) is 60.4 Å². The molecule has 4 heterocycles. The van der Waals surface area contributed by atoms with Gasteiger partial charge in [-0.05, 0) is 55.6 Å². The van der Waals surface area contributed by atoms with Crippen LogP contribution in [0.5, 0.6) is 11.5 Å². The second-order valence-corrected chi connectivity index (χ2v) is 8.21. The number of carbonyl (C=O) groups is 1. The van der Waals surface area contributed by atoms with Gasteiger partial charge in [0.05, 0.1) is 18.5 Å². The molecule has 3 aromatic rings. The van der Waals surface area contributed by atoms with E-state index in [1.165, 1.54) is 0 Å². The number of amides is 1. The van der Waals surface area contributed by atoms with Crippen LogP contribution >= 0.6 is 11.5 Å². The highest BCUT2D eigenvalue weighted by molar-refractivity contribution is 7.07. The molecule has 0 atom stereocenters. The Labute approximate surface area is 178 Å². The van der Waals surface area contributed by atoms with E-state index in [2.05, 4.69) is 20.6 Å². The minimum atomic E-state index is -0.0274. The maximum Gasteiger partial charge on any atom is 0.268 e. The molecule has 30 heavy (non-hydrogen) atoms. The summed E-state index contributed by atoms with van der Waals surface area (Å²) >= 11 is 1.15. The van der Waals surface area contributed by atoms with Crippen LogP contribution in [-0.2, 0) is 6.54 Å². The Kier molecular flexibility index (Phi) is 5.04. The van der Waals surface area contributed by atoms with Crippen molar-refractivity contribution in [1.82, 2.24) is 14.5 Å². The molecule has 9 heteroatoms. The molecule has 8 nitrogen and oxygen atoms in total. The third-order valence-electron chi connectivity index (χ3n) is 5.64. The Morgan fingerprint density at radius 2 is 2.07 bits per heavy atom. The minimum Gasteiger partial charge on any atom is -0.467 e. The standard InChI is InChI=1S/C21H22N4O4S/c1-14-20(30-23-22-14)21(26)25(12-17-3-2-10-27-17)15-6-8-24(9-7-15)16-4-5-18-19(11-16)29-13-28-18/h2-5,10-11,15H,6-9,12-13H2,1H3. The summed E-state index contributed by atoms with van der Waals surface area (Å²) in [6, 6.07) is 9.91. The molecule has 0 saturated carbocycles. The number of fused-ring (bicyclic) bond motifs is 1. The Morgan fingerprint density at radius 1 is 1.23 bits per heavy atom. The molecule has 2 aromatic heterocycles. The van der Waals surface area contributed by atoms with E-state index in [9.17, 15) is 4.79 Å². The summed E-state index contributed by atoms with van der Waals surface area (Å²) < 4.78 is 20.4. The first-order valence-electron chi connectivity index (χ1n) is 9.96. The number of benzene rings is 1. The van der Waals surface area contributed by atoms with E-state index in [4.69, 9.17) is 13.9 Å². The van der Waals surface area contributed by atoms with Crippen molar-refractivity contribution in [3.05, 3.63) is 52.9 Å². The molecule has 2 aliphatic heterocycles. The summed E-state index contributed by atoms with van der Waals surface area (Å²) in [5.41, 5.74) is 1.79. The molecule has 2 aliphatic rings. The smallest absolute Gasteiger partial charge is 0.268 e. The van der Waals surface area contributed by atoms with Crippen molar-refractivity contribution in [2.24, 2.45) is 0 Å². The van der Waals surface area contributed by atoms with Crippen LogP contribution in [0.2, 0.25) is 0 Å². The fourth-order valence-electron chi connectivity index (χ4n) is 4.01. The number of furan rings is 1. The first kappa shape index (κ1) is 18.9. The second kappa shape index (κ2) is 7.98. The van der Waals surface area contributed by atoms with Gasteiger partial charge in [-0.25, -0.2) is 0 Å². The molecule has 5 rings (SSSR count). The topological polar surface area (TPSA) is 80.9 Å². The van der Waals surface area contributed by atoms with Gasteiger partial charge in [-0.15, -0.1) is 5.10 Å². The fourth-order valence-corrected chi connectivity index (χ4v) is 4.63. The maximum absolute atomic E-state index is 13.3. The zero-order chi connectivity index (χ0) is 20.5. The average Bonchev–Trinajstić information content (AvgIpc) is 3.53. The zero-order valence-electron chi connectivity index (χ0n) is 16.6. The largest absolute Gasteiger partial charge is 0.467 e. The van der Waals surface area contributed by atoms with Gasteiger partial charge in [0.25, 0.3) is 5.91 Å². The van der Waals surface area contributed by atoms with Gasteiger partial charge >= 0.3 is 0 Å². The monoisotopic (exact) mass is 426 g/mol. The van der Waals surface area contributed by atoms with Crippen LogP contribution in [0.4, 0.5) is 5.69 Å². The summed E-state index contributed by atoms with van der Waals surface area (Å²) in [5, 5.41) is 4.01. The lowest BCUT2D eigenvalue weighted by molar-refractivity contribution is 0.0618. The number of rotatable bonds is 5. The lowest BCUT2D eigenvalue weighted by Gasteiger charge is -2.39. The number of aromatic nitrogens is 2. The van der Waals surface area contributed by atoms with E-state index in [1.807, 2.05) is 36.1 Å². The lowest BCUT2D eigenvalue weighted by Crippen LogP contribution is -2.47. The summed E-state index contributed by atoms with van der Waals surface area (Å²) in [6.45, 7) is 4.25. The van der Waals surface area contributed by atoms with Crippen molar-refractivity contribution in [1.29, 1.82) is 0 Å². The molecule has 156 valence electrons. The number of piperidine rings is 1. The van der Waals surface area contributed by atoms with E-state index in [1.54, 1.807) is 6.26 Å². The molecule has 1 amide bonds. The van der Waals surface area contributed by atoms with Crippen LogP contribution in [0.1, 0.15) is 34.0 Å². The third-order valence-corrected chi connectivity index (χ3v) is 6.46. The summed E-state index contributed by atoms with van der Waals surface area (Å²) in [4.78, 5) is 18.1. The van der Waals surface area contributed by atoms with Crippen molar-refractivity contribution >= 4 is 23.1 Å². The molecule has 1 saturated heterocycles. The van der Waals surface area contributed by atoms with E-state index >= 15 is 0 Å². The molecular weight excluding hydrogens is 404 g/mol. The first-order valence-corrected chi connectivity index (χ1v) is 10.7. The molecule has 0 N–H and O–H groups in total. The molecule has 0 unspecified atom stereocenters. The van der Waals surface area contributed by atoms with Crippen molar-refractivity contribution in [2.45, 2.75) is 32.4 Å². The highest BCUT2D eigenvalue weighted by Gasteiger charge is 2.31. The Bertz CT molecular complexity index is 1030. The highest BCUT2D eigenvalue weighted by atomic mass is 32.1. The van der Waals surface area contributed by atoms with Crippen LogP contribution in [0, 0.1) is 6.92 Å². The van der Waals surface area contributed by atoms with E-state index in [0.29, 0.717) is 17.1 Å². The van der Waals surface area contributed by atoms with Crippen LogP contribution in [-0.4, -0.2) is 46.3 Å². The SMILES string of the molecule is Cc1nnsc1C(=O)N(Cc1ccco1)C1CCN(c2ccc3c(c2)OCO3)CC1. The molecule has 0 aliphatic carbocycles. The van der Waals surface area contributed by atoms with Gasteiger partial charge in [-0.2, -0.15) is 0 Å². The molecular formula is C21H22N4O4S. The van der Waals surface area contributed by atoms with Crippen molar-refractivity contribution < 1.29 is 18.7 Å². The van der Waals surface area contributed by atoms with Crippen molar-refractivity contribution in [3.63, 3.8) is 0 Å². The third kappa shape index (κ3) is 3.60. The van der Waals surface area contributed by atoms with Crippen LogP contribution in [0.25, 0.3) is 0 Å². The molecule has 0 radical (unpaired) electrons. The van der Waals surface area contributed by atoms with Crippen molar-refractivity contribution in [3.8, 4) is 11.5 Å². The molecule has 1 aromatic carbocycles. The summed E-state index contributed by atoms with van der Waals surface area (Å²) in [7, 11) is 0. The Balaban J connectivity index is 1.32. The van der Waals surface area contributed by atoms with Crippen molar-refractivity contribution in [2.75, 3.05) is 24.8 Å². The zero-order valence-corrected chi connectivity index (χ0v) is 17.4. The first-order chi connectivity index (χ1) is 14.7. The van der Waals surface area contributed by atoms with Gasteiger partial charge in [0.2, 0.25) is 6.79 Å². The number of hydrogen-bond donors (Lipinski definition) is 0. The minimum absolute atomic E-state index is 0.0274. The second-order valence-electron chi connectivity index (χ2n) is 7.46. The molecule has 0 bridgehead atoms. The van der Waals surface area contributed by atoms with Crippen LogP contribution < -0.4 is 14.4 Å². The van der Waals surface area contributed by atoms with Gasteiger partial charge in [0.1, 0.15) is 10.6 Å². The Hall–Kier alpha value is -3.07. The fraction of sp³-hybridized carbons (Fsp3) is 0.381. The van der Waals surface area contributed by atoms with Gasteiger partial charge in [0.15, 0.2) is 11.5 Å². The number of ether oxygens (including phenoxy) is 2. The van der Waals surface area contributed by atoms with Gasteiger partial charge in [-0.3, -0.25) is 4.79 Å². The van der Waals surface area contributed by atoms with Gasteiger partial charge in [-0.1, -0.05) is 4.49 Å². The number of carbonyl (C=O) groups excluding carboxylic acids is 1. The quantitative estimate of drug-likeness (QED) is 0.618. The maximum atomic E-state index is 13.3. The normalized spacial score (nSPS) is 16.1. The van der Waals surface area contributed by atoms with E-state index in [-0.39, 0.29) is 18.7 Å². The predicted molar refractivity (Wildman–Crippen MR) is 111 cm³/mol. The number of nitrogens with zero attached hydrogens (tertiary/aromatic N) is 4. The van der Waals surface area contributed by atoms with Crippen LogP contribution in [0.3, 0.4) is 0 Å². The van der Waals surface area contributed by atoms with Crippen LogP contribution in [0.15, 0.2) is 41.0 Å². The Morgan fingerprint density at radius 3 is 2.80 bits per heavy atom. The van der Waals surface area contributed by atoms with Gasteiger partial charge in [0, 0.05) is 30.9 Å². The lowest BCUT2D eigenvalue weighted by atomic mass is 10.0. The number of anilines is 1. The molecule has 0 spiro atoms. The highest BCUT2D eigenvalue weighted by Crippen LogP contribution is 2.36. The number of hydrogen-bond acceptors (Lipinski definition) is 8. The molecule has 1 fully saturated rings.